The summed E-state index contributed by atoms with van der Waals surface area (Å²) in [6, 6.07) is 11.8. The van der Waals surface area contributed by atoms with E-state index >= 15 is 0 Å². The second kappa shape index (κ2) is 6.46. The van der Waals surface area contributed by atoms with Crippen molar-refractivity contribution in [1.82, 2.24) is 19.9 Å². The first-order valence-corrected chi connectivity index (χ1v) is 9.67. The minimum Gasteiger partial charge on any atom is -0.324 e. The molecule has 0 radical (unpaired) electrons. The molecule has 2 aromatic heterocycles. The molecule has 6 heteroatoms. The zero-order chi connectivity index (χ0) is 18.3. The molecule has 5 rings (SSSR count). The fraction of sp³-hybridized carbons (Fsp3) is 0.381. The van der Waals surface area contributed by atoms with Crippen molar-refractivity contribution in [3.05, 3.63) is 48.9 Å². The van der Waals surface area contributed by atoms with Crippen LogP contribution in [0.2, 0.25) is 0 Å². The lowest BCUT2D eigenvalue weighted by Gasteiger charge is -2.37. The van der Waals surface area contributed by atoms with Crippen LogP contribution in [0.5, 0.6) is 0 Å². The Hall–Kier alpha value is -2.73. The zero-order valence-corrected chi connectivity index (χ0v) is 15.2. The van der Waals surface area contributed by atoms with Crippen molar-refractivity contribution < 1.29 is 4.79 Å². The molecule has 6 nitrogen and oxygen atoms in total. The van der Waals surface area contributed by atoms with E-state index in [1.807, 2.05) is 41.0 Å². The van der Waals surface area contributed by atoms with Crippen LogP contribution in [0.3, 0.4) is 0 Å². The number of para-hydroxylation sites is 2. The molecule has 2 N–H and O–H groups in total. The number of anilines is 1. The van der Waals surface area contributed by atoms with Crippen LogP contribution in [-0.2, 0) is 4.79 Å². The maximum atomic E-state index is 13.1. The first kappa shape index (κ1) is 16.4. The van der Waals surface area contributed by atoms with Gasteiger partial charge >= 0.3 is 0 Å². The van der Waals surface area contributed by atoms with E-state index < -0.39 is 0 Å². The minimum absolute atomic E-state index is 0.139. The van der Waals surface area contributed by atoms with Gasteiger partial charge in [0.1, 0.15) is 12.1 Å². The number of nitrogens with one attached hydrogen (secondary N) is 2. The van der Waals surface area contributed by atoms with Gasteiger partial charge in [0.15, 0.2) is 0 Å². The molecule has 0 bridgehead atoms. The summed E-state index contributed by atoms with van der Waals surface area (Å²) in [5, 5.41) is 6.55. The van der Waals surface area contributed by atoms with Gasteiger partial charge in [0.05, 0.1) is 28.3 Å². The van der Waals surface area contributed by atoms with Crippen LogP contribution < -0.4 is 10.6 Å². The van der Waals surface area contributed by atoms with Crippen molar-refractivity contribution in [3.8, 4) is 5.82 Å². The molecular weight excluding hydrogens is 338 g/mol. The second-order valence-electron chi connectivity index (χ2n) is 7.69. The summed E-state index contributed by atoms with van der Waals surface area (Å²) in [4.78, 5) is 22.0. The molecule has 3 aromatic rings. The number of nitrogens with zero attached hydrogens (tertiary/aromatic N) is 3. The van der Waals surface area contributed by atoms with E-state index in [1.165, 1.54) is 6.42 Å². The van der Waals surface area contributed by atoms with E-state index in [4.69, 9.17) is 0 Å². The molecular formula is C21H23N5O. The highest BCUT2D eigenvalue weighted by Gasteiger charge is 2.49. The summed E-state index contributed by atoms with van der Waals surface area (Å²) in [5.74, 6) is 1.38. The molecule has 27 heavy (non-hydrogen) atoms. The number of hydrogen-bond acceptors (Lipinski definition) is 4. The number of benzene rings is 1. The average molecular weight is 361 g/mol. The second-order valence-corrected chi connectivity index (χ2v) is 7.69. The van der Waals surface area contributed by atoms with Crippen molar-refractivity contribution in [3.63, 3.8) is 0 Å². The maximum absolute atomic E-state index is 13.1. The molecule has 138 valence electrons. The number of carbonyl (C=O) groups is 1. The standard InChI is InChI=1S/C21H23N5O/c27-20(21-10-4-3-5-15(21)11-22-13-21)25-16-8-9-19(23-12-16)26-14-24-17-6-1-2-7-18(17)26/h1-2,6-9,12,14-15,22H,3-5,10-11,13H2,(H,25,27)/t15-,21+/m0/s1. The number of carbonyl (C=O) groups excluding carboxylic acids is 1. The molecule has 2 aliphatic rings. The third-order valence-corrected chi connectivity index (χ3v) is 6.20. The highest BCUT2D eigenvalue weighted by Crippen LogP contribution is 2.44. The normalized spacial score (nSPS) is 24.7. The Labute approximate surface area is 158 Å². The number of hydrogen-bond donors (Lipinski definition) is 2. The minimum atomic E-state index is -0.253. The fourth-order valence-electron chi connectivity index (χ4n) is 4.69. The van der Waals surface area contributed by atoms with E-state index in [9.17, 15) is 4.79 Å². The van der Waals surface area contributed by atoms with Gasteiger partial charge in [-0.15, -0.1) is 0 Å². The Bertz CT molecular complexity index is 980. The Kier molecular flexibility index (Phi) is 3.93. The Balaban J connectivity index is 1.37. The van der Waals surface area contributed by atoms with Gasteiger partial charge in [-0.2, -0.15) is 0 Å². The fourth-order valence-corrected chi connectivity index (χ4v) is 4.69. The van der Waals surface area contributed by atoms with Gasteiger partial charge < -0.3 is 10.6 Å². The topological polar surface area (TPSA) is 71.8 Å². The predicted molar refractivity (Wildman–Crippen MR) is 105 cm³/mol. The van der Waals surface area contributed by atoms with Crippen molar-refractivity contribution in [2.24, 2.45) is 11.3 Å². The van der Waals surface area contributed by atoms with Crippen molar-refractivity contribution >= 4 is 22.6 Å². The smallest absolute Gasteiger partial charge is 0.232 e. The molecule has 1 aliphatic heterocycles. The van der Waals surface area contributed by atoms with E-state index in [-0.39, 0.29) is 11.3 Å². The van der Waals surface area contributed by atoms with Gasteiger partial charge in [-0.1, -0.05) is 25.0 Å². The highest BCUT2D eigenvalue weighted by molar-refractivity contribution is 5.96. The van der Waals surface area contributed by atoms with Crippen LogP contribution in [0.4, 0.5) is 5.69 Å². The summed E-state index contributed by atoms with van der Waals surface area (Å²) in [6.07, 6.45) is 8.00. The summed E-state index contributed by atoms with van der Waals surface area (Å²) >= 11 is 0. The average Bonchev–Trinajstić information content (AvgIpc) is 3.33. The lowest BCUT2D eigenvalue weighted by Crippen LogP contribution is -2.44. The van der Waals surface area contributed by atoms with Crippen LogP contribution in [0, 0.1) is 11.3 Å². The number of aromatic nitrogens is 3. The molecule has 1 amide bonds. The van der Waals surface area contributed by atoms with Crippen LogP contribution in [0.1, 0.15) is 25.7 Å². The van der Waals surface area contributed by atoms with Gasteiger partial charge in [0, 0.05) is 6.54 Å². The van der Waals surface area contributed by atoms with E-state index in [0.29, 0.717) is 5.92 Å². The first-order chi connectivity index (χ1) is 13.3. The van der Waals surface area contributed by atoms with Crippen molar-refractivity contribution in [1.29, 1.82) is 0 Å². The summed E-state index contributed by atoms with van der Waals surface area (Å²) in [6.45, 7) is 1.74. The zero-order valence-electron chi connectivity index (χ0n) is 15.2. The molecule has 1 aromatic carbocycles. The largest absolute Gasteiger partial charge is 0.324 e. The number of amides is 1. The lowest BCUT2D eigenvalue weighted by molar-refractivity contribution is -0.128. The third-order valence-electron chi connectivity index (χ3n) is 6.20. The van der Waals surface area contributed by atoms with Gasteiger partial charge in [-0.25, -0.2) is 9.97 Å². The van der Waals surface area contributed by atoms with Crippen molar-refractivity contribution in [2.75, 3.05) is 18.4 Å². The van der Waals surface area contributed by atoms with Gasteiger partial charge in [0.2, 0.25) is 5.91 Å². The number of imidazole rings is 1. The highest BCUT2D eigenvalue weighted by atomic mass is 16.2. The lowest BCUT2D eigenvalue weighted by atomic mass is 9.67. The van der Waals surface area contributed by atoms with Gasteiger partial charge in [-0.05, 0) is 49.6 Å². The molecule has 2 atom stereocenters. The van der Waals surface area contributed by atoms with Crippen LogP contribution in [-0.4, -0.2) is 33.5 Å². The number of fused-ring (bicyclic) bond motifs is 2. The quantitative estimate of drug-likeness (QED) is 0.752. The molecule has 0 unspecified atom stereocenters. The first-order valence-electron chi connectivity index (χ1n) is 9.67. The van der Waals surface area contributed by atoms with Gasteiger partial charge in [0.25, 0.3) is 0 Å². The predicted octanol–water partition coefficient (Wildman–Crippen LogP) is 3.14. The Morgan fingerprint density at radius 3 is 3.00 bits per heavy atom. The third kappa shape index (κ3) is 2.72. The van der Waals surface area contributed by atoms with Gasteiger partial charge in [-0.3, -0.25) is 9.36 Å². The number of rotatable bonds is 3. The molecule has 1 saturated heterocycles. The molecule has 1 aliphatic carbocycles. The molecule has 1 saturated carbocycles. The summed E-state index contributed by atoms with van der Waals surface area (Å²) in [5.41, 5.74) is 2.45. The monoisotopic (exact) mass is 361 g/mol. The van der Waals surface area contributed by atoms with Crippen LogP contribution in [0.15, 0.2) is 48.9 Å². The Morgan fingerprint density at radius 1 is 1.19 bits per heavy atom. The van der Waals surface area contributed by atoms with Crippen LogP contribution >= 0.6 is 0 Å². The maximum Gasteiger partial charge on any atom is 0.232 e. The summed E-state index contributed by atoms with van der Waals surface area (Å²) in [7, 11) is 0. The molecule has 0 spiro atoms. The van der Waals surface area contributed by atoms with E-state index in [0.717, 1.165) is 54.9 Å². The summed E-state index contributed by atoms with van der Waals surface area (Å²) < 4.78 is 1.96. The van der Waals surface area contributed by atoms with E-state index in [1.54, 1.807) is 12.5 Å². The van der Waals surface area contributed by atoms with Crippen LogP contribution in [0.25, 0.3) is 16.9 Å². The van der Waals surface area contributed by atoms with E-state index in [2.05, 4.69) is 20.6 Å². The Morgan fingerprint density at radius 2 is 2.11 bits per heavy atom. The van der Waals surface area contributed by atoms with Crippen molar-refractivity contribution in [2.45, 2.75) is 25.7 Å². The SMILES string of the molecule is O=C(Nc1ccc(-n2cnc3ccccc32)nc1)[C@@]12CCCC[C@H]1CNC2. The number of pyridine rings is 1. The molecule has 2 fully saturated rings. The molecule has 3 heterocycles.